The van der Waals surface area contributed by atoms with Crippen molar-refractivity contribution in [1.29, 1.82) is 0 Å². The Morgan fingerprint density at radius 3 is 2.33 bits per heavy atom. The third-order valence-electron chi connectivity index (χ3n) is 4.16. The highest BCUT2D eigenvalue weighted by atomic mass is 35.5. The van der Waals surface area contributed by atoms with Crippen LogP contribution in [0.1, 0.15) is 32.3 Å². The molecule has 0 aromatic heterocycles. The van der Waals surface area contributed by atoms with Crippen LogP contribution in [0.3, 0.4) is 0 Å². The van der Waals surface area contributed by atoms with Gasteiger partial charge in [0.1, 0.15) is 0 Å². The van der Waals surface area contributed by atoms with Crippen molar-refractivity contribution in [3.8, 4) is 11.5 Å². The Balaban J connectivity index is 2.74. The van der Waals surface area contributed by atoms with E-state index in [9.17, 15) is 5.11 Å². The van der Waals surface area contributed by atoms with Crippen molar-refractivity contribution in [2.75, 3.05) is 27.4 Å². The van der Waals surface area contributed by atoms with Crippen LogP contribution < -0.4 is 14.8 Å². The quantitative estimate of drug-likeness (QED) is 0.734. The highest BCUT2D eigenvalue weighted by Gasteiger charge is 2.24. The van der Waals surface area contributed by atoms with Gasteiger partial charge in [0.25, 0.3) is 0 Å². The summed E-state index contributed by atoms with van der Waals surface area (Å²) in [5, 5.41) is 13.5. The van der Waals surface area contributed by atoms with Gasteiger partial charge in [0.15, 0.2) is 11.5 Å². The summed E-state index contributed by atoms with van der Waals surface area (Å²) in [5.41, 5.74) is 0.970. The van der Waals surface area contributed by atoms with Crippen LogP contribution in [0.4, 0.5) is 0 Å². The number of methoxy groups -OCH3 is 2. The van der Waals surface area contributed by atoms with Gasteiger partial charge in [-0.3, -0.25) is 0 Å². The second-order valence-electron chi connectivity index (χ2n) is 5.28. The van der Waals surface area contributed by atoms with Crippen LogP contribution in [0.5, 0.6) is 11.5 Å². The summed E-state index contributed by atoms with van der Waals surface area (Å²) in [6, 6.07) is 3.78. The van der Waals surface area contributed by atoms with Crippen LogP contribution in [0.25, 0.3) is 0 Å². The molecule has 1 aromatic rings. The van der Waals surface area contributed by atoms with E-state index in [0.717, 1.165) is 24.9 Å². The largest absolute Gasteiger partial charge is 0.493 e. The Hall–Kier alpha value is -0.970. The molecule has 0 unspecified atom stereocenters. The van der Waals surface area contributed by atoms with Gasteiger partial charge in [-0.2, -0.15) is 0 Å². The number of nitrogens with one attached hydrogen (secondary N) is 1. The van der Waals surface area contributed by atoms with Crippen LogP contribution in [-0.4, -0.2) is 32.5 Å². The van der Waals surface area contributed by atoms with Gasteiger partial charge in [0.2, 0.25) is 0 Å². The van der Waals surface area contributed by atoms with Gasteiger partial charge >= 0.3 is 0 Å². The lowest BCUT2D eigenvalue weighted by molar-refractivity contribution is 0.113. The molecule has 21 heavy (non-hydrogen) atoms. The van der Waals surface area contributed by atoms with Gasteiger partial charge in [-0.05, 0) is 30.5 Å². The Bertz CT molecular complexity index is 439. The number of benzene rings is 1. The molecule has 0 aliphatic heterocycles. The number of hydrogen-bond acceptors (Lipinski definition) is 4. The van der Waals surface area contributed by atoms with Crippen molar-refractivity contribution in [3.05, 3.63) is 22.7 Å². The summed E-state index contributed by atoms with van der Waals surface area (Å²) in [6.07, 6.45) is 1.89. The first-order chi connectivity index (χ1) is 10.1. The summed E-state index contributed by atoms with van der Waals surface area (Å²) in [5.74, 6) is 1.18. The van der Waals surface area contributed by atoms with Gasteiger partial charge in [0.05, 0.1) is 19.2 Å². The first-order valence-electron chi connectivity index (χ1n) is 7.27. The lowest BCUT2D eigenvalue weighted by atomic mass is 9.83. The van der Waals surface area contributed by atoms with E-state index in [4.69, 9.17) is 21.1 Å². The first kappa shape index (κ1) is 18.1. The smallest absolute Gasteiger partial charge is 0.179 e. The van der Waals surface area contributed by atoms with E-state index in [2.05, 4.69) is 19.2 Å². The molecule has 0 atom stereocenters. The molecule has 0 saturated heterocycles. The predicted octanol–water partition coefficient (Wildman–Crippen LogP) is 3.25. The van der Waals surface area contributed by atoms with Crippen molar-refractivity contribution >= 4 is 11.6 Å². The molecule has 0 fully saturated rings. The van der Waals surface area contributed by atoms with Crippen molar-refractivity contribution in [2.45, 2.75) is 33.2 Å². The fourth-order valence-electron chi connectivity index (χ4n) is 2.32. The molecular weight excluding hydrogens is 290 g/mol. The third-order valence-corrected chi connectivity index (χ3v) is 4.44. The molecule has 0 spiro atoms. The maximum atomic E-state index is 9.57. The molecule has 5 heteroatoms. The Kier molecular flexibility index (Phi) is 7.29. The molecular formula is C16H26ClNO3. The zero-order valence-corrected chi connectivity index (χ0v) is 14.1. The molecule has 4 nitrogen and oxygen atoms in total. The minimum Gasteiger partial charge on any atom is -0.493 e. The number of ether oxygens (including phenoxy) is 2. The average Bonchev–Trinajstić information content (AvgIpc) is 2.51. The van der Waals surface area contributed by atoms with E-state index in [-0.39, 0.29) is 12.0 Å². The molecule has 0 saturated carbocycles. The van der Waals surface area contributed by atoms with Gasteiger partial charge < -0.3 is 19.9 Å². The minimum atomic E-state index is -0.0552. The summed E-state index contributed by atoms with van der Waals surface area (Å²) < 4.78 is 10.5. The summed E-state index contributed by atoms with van der Waals surface area (Å²) in [7, 11) is 3.16. The second kappa shape index (κ2) is 8.47. The Labute approximate surface area is 132 Å². The van der Waals surface area contributed by atoms with E-state index < -0.39 is 0 Å². The number of rotatable bonds is 9. The maximum absolute atomic E-state index is 9.57. The van der Waals surface area contributed by atoms with E-state index in [1.807, 2.05) is 12.1 Å². The van der Waals surface area contributed by atoms with Crippen LogP contribution in [0.2, 0.25) is 5.02 Å². The van der Waals surface area contributed by atoms with Crippen LogP contribution >= 0.6 is 11.6 Å². The average molecular weight is 316 g/mol. The van der Waals surface area contributed by atoms with Crippen molar-refractivity contribution in [1.82, 2.24) is 5.32 Å². The molecule has 0 radical (unpaired) electrons. The zero-order valence-electron chi connectivity index (χ0n) is 13.3. The molecule has 2 N–H and O–H groups in total. The molecule has 0 amide bonds. The molecule has 0 heterocycles. The number of aliphatic hydroxyl groups is 1. The number of halogens is 1. The third kappa shape index (κ3) is 4.50. The fourth-order valence-corrected chi connectivity index (χ4v) is 2.64. The second-order valence-corrected chi connectivity index (χ2v) is 5.69. The minimum absolute atomic E-state index is 0.0552. The standard InChI is InChI=1S/C16H26ClNO3/c1-5-16(6-2,11-19)10-18-9-12-7-13(17)15(21-4)14(8-12)20-3/h7-8,18-19H,5-6,9-11H2,1-4H3. The van der Waals surface area contributed by atoms with Crippen LogP contribution in [-0.2, 0) is 6.54 Å². The number of hydrogen-bond donors (Lipinski definition) is 2. The Morgan fingerprint density at radius 1 is 1.19 bits per heavy atom. The topological polar surface area (TPSA) is 50.7 Å². The van der Waals surface area contributed by atoms with E-state index in [1.165, 1.54) is 0 Å². The van der Waals surface area contributed by atoms with Gasteiger partial charge in [-0.1, -0.05) is 25.4 Å². The highest BCUT2D eigenvalue weighted by Crippen LogP contribution is 2.36. The normalized spacial score (nSPS) is 11.5. The summed E-state index contributed by atoms with van der Waals surface area (Å²) >= 11 is 6.19. The molecule has 1 rings (SSSR count). The van der Waals surface area contributed by atoms with Crippen LogP contribution in [0, 0.1) is 5.41 Å². The fraction of sp³-hybridized carbons (Fsp3) is 0.625. The number of aliphatic hydroxyl groups excluding tert-OH is 1. The van der Waals surface area contributed by atoms with Crippen LogP contribution in [0.15, 0.2) is 12.1 Å². The maximum Gasteiger partial charge on any atom is 0.179 e. The lowest BCUT2D eigenvalue weighted by Gasteiger charge is -2.29. The van der Waals surface area contributed by atoms with E-state index in [1.54, 1.807) is 14.2 Å². The predicted molar refractivity (Wildman–Crippen MR) is 86.4 cm³/mol. The van der Waals surface area contributed by atoms with Gasteiger partial charge in [0, 0.05) is 25.1 Å². The molecule has 0 aliphatic rings. The summed E-state index contributed by atoms with van der Waals surface area (Å²) in [4.78, 5) is 0. The first-order valence-corrected chi connectivity index (χ1v) is 7.65. The molecule has 0 aliphatic carbocycles. The van der Waals surface area contributed by atoms with Crippen molar-refractivity contribution in [3.63, 3.8) is 0 Å². The highest BCUT2D eigenvalue weighted by molar-refractivity contribution is 6.32. The molecule has 0 bridgehead atoms. The summed E-state index contributed by atoms with van der Waals surface area (Å²) in [6.45, 7) is 5.84. The van der Waals surface area contributed by atoms with Gasteiger partial charge in [-0.15, -0.1) is 0 Å². The van der Waals surface area contributed by atoms with Crippen molar-refractivity contribution in [2.24, 2.45) is 5.41 Å². The van der Waals surface area contributed by atoms with E-state index in [0.29, 0.717) is 23.1 Å². The monoisotopic (exact) mass is 315 g/mol. The molecule has 120 valence electrons. The zero-order chi connectivity index (χ0) is 15.9. The van der Waals surface area contributed by atoms with E-state index >= 15 is 0 Å². The van der Waals surface area contributed by atoms with Crippen molar-refractivity contribution < 1.29 is 14.6 Å². The Morgan fingerprint density at radius 2 is 1.86 bits per heavy atom. The van der Waals surface area contributed by atoms with Gasteiger partial charge in [-0.25, -0.2) is 0 Å². The lowest BCUT2D eigenvalue weighted by Crippen LogP contribution is -2.36. The molecule has 1 aromatic carbocycles. The SMILES string of the molecule is CCC(CC)(CO)CNCc1cc(Cl)c(OC)c(OC)c1.